The molecule has 144 valence electrons. The van der Waals surface area contributed by atoms with Gasteiger partial charge in [-0.2, -0.15) is 0 Å². The second kappa shape index (κ2) is 9.24. The number of carboxylic acid groups (broad SMARTS) is 1. The lowest BCUT2D eigenvalue weighted by Gasteiger charge is -2.22. The average molecular weight is 359 g/mol. The summed E-state index contributed by atoms with van der Waals surface area (Å²) < 4.78 is 10.2. The van der Waals surface area contributed by atoms with E-state index in [2.05, 4.69) is 15.6 Å². The maximum Gasteiger partial charge on any atom is 0.414 e. The van der Waals surface area contributed by atoms with Crippen molar-refractivity contribution in [2.45, 2.75) is 66.1 Å². The molecule has 0 saturated carbocycles. The van der Waals surface area contributed by atoms with Crippen LogP contribution in [0.1, 0.15) is 54.9 Å². The summed E-state index contributed by atoms with van der Waals surface area (Å²) in [5.74, 6) is -1.72. The minimum Gasteiger partial charge on any atom is -0.481 e. The molecular weight excluding hydrogens is 330 g/mol. The van der Waals surface area contributed by atoms with Crippen molar-refractivity contribution >= 4 is 24.1 Å². The second-order valence-corrected chi connectivity index (χ2v) is 7.51. The Hall–Kier alpha value is -2.32. The van der Waals surface area contributed by atoms with E-state index in [0.717, 1.165) is 0 Å². The van der Waals surface area contributed by atoms with Crippen LogP contribution in [0.3, 0.4) is 0 Å². The quantitative estimate of drug-likeness (QED) is 0.523. The first-order valence-electron chi connectivity index (χ1n) is 7.97. The summed E-state index contributed by atoms with van der Waals surface area (Å²) in [4.78, 5) is 38.5. The van der Waals surface area contributed by atoms with Crippen molar-refractivity contribution in [2.24, 2.45) is 10.9 Å². The predicted molar refractivity (Wildman–Crippen MR) is 92.5 cm³/mol. The molecule has 0 fully saturated rings. The molecule has 0 aromatic rings. The number of guanidine groups is 1. The van der Waals surface area contributed by atoms with Crippen LogP contribution in [0, 0.1) is 5.92 Å². The number of hydrogen-bond donors (Lipinski definition) is 3. The third kappa shape index (κ3) is 12.7. The molecule has 9 nitrogen and oxygen atoms in total. The van der Waals surface area contributed by atoms with Crippen molar-refractivity contribution in [3.05, 3.63) is 0 Å². The van der Waals surface area contributed by atoms with Gasteiger partial charge < -0.3 is 14.6 Å². The van der Waals surface area contributed by atoms with Gasteiger partial charge in [0.25, 0.3) is 0 Å². The summed E-state index contributed by atoms with van der Waals surface area (Å²) in [6, 6.07) is 0. The Morgan fingerprint density at radius 1 is 0.960 bits per heavy atom. The van der Waals surface area contributed by atoms with Gasteiger partial charge >= 0.3 is 18.2 Å². The molecule has 0 heterocycles. The van der Waals surface area contributed by atoms with E-state index < -0.39 is 35.3 Å². The molecule has 9 heteroatoms. The number of ether oxygens (including phenoxy) is 2. The van der Waals surface area contributed by atoms with E-state index in [0.29, 0.717) is 0 Å². The summed E-state index contributed by atoms with van der Waals surface area (Å²) >= 11 is 0. The van der Waals surface area contributed by atoms with Gasteiger partial charge in [-0.05, 0) is 48.0 Å². The number of alkyl carbamates (subject to hydrolysis) is 2. The molecule has 0 radical (unpaired) electrons. The fourth-order valence-corrected chi connectivity index (χ4v) is 1.40. The fraction of sp³-hybridized carbons (Fsp3) is 0.750. The standard InChI is InChI=1S/C16H29N3O6/c1-10(11(20)21)8-9-17-12(18-13(22)24-15(2,3)4)19-14(23)25-16(5,6)7/h10H,8-9H2,1-7H3,(H,20,21)(H2,17,18,19,22,23)/t10-/m1/s1. The van der Waals surface area contributed by atoms with Crippen LogP contribution < -0.4 is 10.6 Å². The molecular formula is C16H29N3O6. The zero-order chi connectivity index (χ0) is 19.8. The molecule has 0 aliphatic heterocycles. The number of nitrogens with zero attached hydrogens (tertiary/aromatic N) is 1. The molecule has 0 saturated heterocycles. The van der Waals surface area contributed by atoms with Gasteiger partial charge in [-0.25, -0.2) is 9.59 Å². The number of amides is 2. The summed E-state index contributed by atoms with van der Waals surface area (Å²) in [5.41, 5.74) is -1.45. The van der Waals surface area contributed by atoms with E-state index in [1.807, 2.05) is 0 Å². The highest BCUT2D eigenvalue weighted by Gasteiger charge is 2.21. The highest BCUT2D eigenvalue weighted by molar-refractivity contribution is 6.01. The number of nitrogens with one attached hydrogen (secondary N) is 2. The lowest BCUT2D eigenvalue weighted by Crippen LogP contribution is -2.47. The first-order valence-corrected chi connectivity index (χ1v) is 7.97. The normalized spacial score (nSPS) is 12.6. The van der Waals surface area contributed by atoms with E-state index >= 15 is 0 Å². The Bertz CT molecular complexity index is 485. The van der Waals surface area contributed by atoms with Gasteiger partial charge in [0, 0.05) is 6.54 Å². The molecule has 3 N–H and O–H groups in total. The molecule has 0 aliphatic rings. The lowest BCUT2D eigenvalue weighted by atomic mass is 10.1. The smallest absolute Gasteiger partial charge is 0.414 e. The van der Waals surface area contributed by atoms with E-state index in [-0.39, 0.29) is 18.9 Å². The summed E-state index contributed by atoms with van der Waals surface area (Å²) in [5, 5.41) is 13.5. The molecule has 0 unspecified atom stereocenters. The molecule has 0 aromatic heterocycles. The van der Waals surface area contributed by atoms with Crippen LogP contribution in [0.25, 0.3) is 0 Å². The van der Waals surface area contributed by atoms with Crippen LogP contribution in [-0.2, 0) is 14.3 Å². The minimum absolute atomic E-state index is 0.0917. The zero-order valence-corrected chi connectivity index (χ0v) is 15.9. The monoisotopic (exact) mass is 359 g/mol. The highest BCUT2D eigenvalue weighted by atomic mass is 16.6. The molecule has 1 atom stereocenters. The van der Waals surface area contributed by atoms with E-state index in [4.69, 9.17) is 14.6 Å². The van der Waals surface area contributed by atoms with Crippen molar-refractivity contribution in [1.82, 2.24) is 10.6 Å². The summed E-state index contributed by atoms with van der Waals surface area (Å²) in [6.45, 7) is 11.8. The van der Waals surface area contributed by atoms with Crippen LogP contribution in [0.2, 0.25) is 0 Å². The zero-order valence-electron chi connectivity index (χ0n) is 15.9. The fourth-order valence-electron chi connectivity index (χ4n) is 1.40. The number of rotatable bonds is 4. The number of hydrogen-bond acceptors (Lipinski definition) is 6. The van der Waals surface area contributed by atoms with Gasteiger partial charge in [-0.1, -0.05) is 6.92 Å². The first-order chi connectivity index (χ1) is 11.2. The van der Waals surface area contributed by atoms with Crippen molar-refractivity contribution in [2.75, 3.05) is 6.54 Å². The van der Waals surface area contributed by atoms with Gasteiger partial charge in [-0.15, -0.1) is 0 Å². The Morgan fingerprint density at radius 3 is 1.68 bits per heavy atom. The molecule has 25 heavy (non-hydrogen) atoms. The first kappa shape index (κ1) is 22.7. The molecule has 0 bridgehead atoms. The Morgan fingerprint density at radius 2 is 1.36 bits per heavy atom. The summed E-state index contributed by atoms with van der Waals surface area (Å²) in [6.07, 6.45) is -1.35. The maximum absolute atomic E-state index is 11.8. The predicted octanol–water partition coefficient (Wildman–Crippen LogP) is 2.50. The number of aliphatic imine (C=N–C) groups is 1. The third-order valence-corrected chi connectivity index (χ3v) is 2.49. The van der Waals surface area contributed by atoms with Crippen LogP contribution in [0.5, 0.6) is 0 Å². The number of carboxylic acids is 1. The Kier molecular flexibility index (Phi) is 8.38. The second-order valence-electron chi connectivity index (χ2n) is 7.51. The lowest BCUT2D eigenvalue weighted by molar-refractivity contribution is -0.141. The van der Waals surface area contributed by atoms with E-state index in [1.54, 1.807) is 48.5 Å². The van der Waals surface area contributed by atoms with Crippen molar-refractivity contribution in [3.8, 4) is 0 Å². The highest BCUT2D eigenvalue weighted by Crippen LogP contribution is 2.08. The number of aliphatic carboxylic acids is 1. The average Bonchev–Trinajstić information content (AvgIpc) is 2.32. The Balaban J connectivity index is 4.94. The molecule has 2 amide bonds. The van der Waals surface area contributed by atoms with Gasteiger partial charge in [0.15, 0.2) is 0 Å². The van der Waals surface area contributed by atoms with Crippen LogP contribution in [-0.4, -0.2) is 47.0 Å². The van der Waals surface area contributed by atoms with Crippen LogP contribution in [0.15, 0.2) is 4.99 Å². The molecule has 0 spiro atoms. The molecule has 0 rings (SSSR count). The van der Waals surface area contributed by atoms with Gasteiger partial charge in [-0.3, -0.25) is 20.4 Å². The topological polar surface area (TPSA) is 126 Å². The van der Waals surface area contributed by atoms with Gasteiger partial charge in [0.05, 0.1) is 5.92 Å². The van der Waals surface area contributed by atoms with Gasteiger partial charge in [0.2, 0.25) is 5.96 Å². The molecule has 0 aromatic carbocycles. The van der Waals surface area contributed by atoms with E-state index in [9.17, 15) is 14.4 Å². The van der Waals surface area contributed by atoms with Crippen molar-refractivity contribution < 1.29 is 29.0 Å². The third-order valence-electron chi connectivity index (χ3n) is 2.49. The maximum atomic E-state index is 11.8. The number of carbonyl (C=O) groups is 3. The van der Waals surface area contributed by atoms with Crippen molar-refractivity contribution in [1.29, 1.82) is 0 Å². The van der Waals surface area contributed by atoms with Gasteiger partial charge in [0.1, 0.15) is 11.2 Å². The van der Waals surface area contributed by atoms with Crippen LogP contribution in [0.4, 0.5) is 9.59 Å². The van der Waals surface area contributed by atoms with Crippen molar-refractivity contribution in [3.63, 3.8) is 0 Å². The number of carbonyl (C=O) groups excluding carboxylic acids is 2. The minimum atomic E-state index is -0.947. The SMILES string of the molecule is C[C@H](CCN=C(NC(=O)OC(C)(C)C)NC(=O)OC(C)(C)C)C(=O)O. The molecule has 0 aliphatic carbocycles. The summed E-state index contributed by atoms with van der Waals surface area (Å²) in [7, 11) is 0. The Labute approximate surface area is 148 Å². The largest absolute Gasteiger partial charge is 0.481 e. The van der Waals surface area contributed by atoms with Crippen LogP contribution >= 0.6 is 0 Å². The van der Waals surface area contributed by atoms with E-state index in [1.165, 1.54) is 0 Å².